The third kappa shape index (κ3) is 1.60. The van der Waals surface area contributed by atoms with Crippen LogP contribution < -0.4 is 0 Å². The predicted octanol–water partition coefficient (Wildman–Crippen LogP) is 4.92. The first kappa shape index (κ1) is 13.2. The van der Waals surface area contributed by atoms with Crippen LogP contribution in [0.15, 0.2) is 66.7 Å². The summed E-state index contributed by atoms with van der Waals surface area (Å²) >= 11 is 0. The molecule has 24 heavy (non-hydrogen) atoms. The molecule has 0 bridgehead atoms. The highest BCUT2D eigenvalue weighted by Gasteiger charge is 2.23. The van der Waals surface area contributed by atoms with Gasteiger partial charge in [-0.25, -0.2) is 0 Å². The van der Waals surface area contributed by atoms with Crippen molar-refractivity contribution in [3.05, 3.63) is 77.9 Å². The molecular weight excluding hydrogens is 296 g/mol. The molecule has 0 spiro atoms. The van der Waals surface area contributed by atoms with Gasteiger partial charge >= 0.3 is 0 Å². The van der Waals surface area contributed by atoms with E-state index in [2.05, 4.69) is 24.3 Å². The molecule has 0 fully saturated rings. The molecule has 0 saturated heterocycles. The van der Waals surface area contributed by atoms with Crippen molar-refractivity contribution in [2.24, 2.45) is 0 Å². The molecule has 2 nitrogen and oxygen atoms in total. The standard InChI is InChI=1S/C22H12O2/c23-20-12-11-18-19(22(20)24)10-9-17-15-7-2-1-5-13(15)14-6-3-4-8-16(14)21(17)18/h1-12H. The molecule has 1 aliphatic rings. The van der Waals surface area contributed by atoms with Crippen molar-refractivity contribution in [1.29, 1.82) is 0 Å². The second kappa shape index (κ2) is 4.62. The Bertz CT molecular complexity index is 1190. The summed E-state index contributed by atoms with van der Waals surface area (Å²) in [5.41, 5.74) is 1.34. The fraction of sp³-hybridized carbons (Fsp3) is 0. The average molecular weight is 308 g/mol. The molecule has 4 aromatic rings. The number of benzene rings is 4. The normalized spacial score (nSPS) is 13.8. The Morgan fingerprint density at radius 2 is 1.08 bits per heavy atom. The highest BCUT2D eigenvalue weighted by molar-refractivity contribution is 6.51. The zero-order valence-electron chi connectivity index (χ0n) is 12.7. The first-order valence-corrected chi connectivity index (χ1v) is 7.88. The molecular formula is C22H12O2. The van der Waals surface area contributed by atoms with Gasteiger partial charge in [-0.2, -0.15) is 0 Å². The Morgan fingerprint density at radius 3 is 1.75 bits per heavy atom. The van der Waals surface area contributed by atoms with Gasteiger partial charge < -0.3 is 0 Å². The quantitative estimate of drug-likeness (QED) is 0.341. The number of carbonyl (C=O) groups excluding carboxylic acids is 2. The Hall–Kier alpha value is -3.26. The van der Waals surface area contributed by atoms with Gasteiger partial charge in [0.2, 0.25) is 11.6 Å². The molecule has 0 aliphatic heterocycles. The van der Waals surface area contributed by atoms with Gasteiger partial charge in [0, 0.05) is 5.56 Å². The highest BCUT2D eigenvalue weighted by atomic mass is 16.2. The molecule has 1 aliphatic carbocycles. The smallest absolute Gasteiger partial charge is 0.233 e. The number of ketones is 2. The van der Waals surface area contributed by atoms with E-state index in [1.807, 2.05) is 30.3 Å². The molecule has 0 saturated carbocycles. The van der Waals surface area contributed by atoms with Crippen molar-refractivity contribution in [1.82, 2.24) is 0 Å². The van der Waals surface area contributed by atoms with Crippen molar-refractivity contribution >= 4 is 50.0 Å². The Labute approximate surface area is 138 Å². The lowest BCUT2D eigenvalue weighted by atomic mass is 9.86. The summed E-state index contributed by atoms with van der Waals surface area (Å²) in [5.74, 6) is -0.876. The molecule has 0 atom stereocenters. The van der Waals surface area contributed by atoms with Crippen LogP contribution >= 0.6 is 0 Å². The lowest BCUT2D eigenvalue weighted by molar-refractivity contribution is -0.110. The van der Waals surface area contributed by atoms with Crippen LogP contribution in [0.25, 0.3) is 38.4 Å². The van der Waals surface area contributed by atoms with E-state index < -0.39 is 11.6 Å². The summed E-state index contributed by atoms with van der Waals surface area (Å²) in [5, 5.41) is 6.77. The molecule has 0 heterocycles. The predicted molar refractivity (Wildman–Crippen MR) is 97.3 cm³/mol. The minimum atomic E-state index is -0.452. The van der Waals surface area contributed by atoms with Gasteiger partial charge in [-0.1, -0.05) is 54.6 Å². The SMILES string of the molecule is O=C1C=Cc2c(ccc3c4ccccc4c4ccccc4c23)C1=O. The number of carbonyl (C=O) groups is 2. The first-order valence-electron chi connectivity index (χ1n) is 7.88. The van der Waals surface area contributed by atoms with Crippen LogP contribution in [-0.2, 0) is 4.79 Å². The third-order valence-electron chi connectivity index (χ3n) is 4.82. The van der Waals surface area contributed by atoms with Crippen LogP contribution in [0.3, 0.4) is 0 Å². The highest BCUT2D eigenvalue weighted by Crippen LogP contribution is 2.39. The largest absolute Gasteiger partial charge is 0.286 e. The monoisotopic (exact) mass is 308 g/mol. The summed E-state index contributed by atoms with van der Waals surface area (Å²) in [6.07, 6.45) is 3.16. The molecule has 5 rings (SSSR count). The summed E-state index contributed by atoms with van der Waals surface area (Å²) in [6, 6.07) is 20.3. The molecule has 0 radical (unpaired) electrons. The van der Waals surface area contributed by atoms with Crippen LogP contribution in [0.4, 0.5) is 0 Å². The maximum atomic E-state index is 12.3. The number of hydrogen-bond acceptors (Lipinski definition) is 2. The van der Waals surface area contributed by atoms with Crippen molar-refractivity contribution < 1.29 is 9.59 Å². The van der Waals surface area contributed by atoms with Crippen molar-refractivity contribution in [2.45, 2.75) is 0 Å². The van der Waals surface area contributed by atoms with Crippen LogP contribution in [0.2, 0.25) is 0 Å². The van der Waals surface area contributed by atoms with E-state index in [1.54, 1.807) is 12.1 Å². The summed E-state index contributed by atoms with van der Waals surface area (Å²) < 4.78 is 0. The van der Waals surface area contributed by atoms with Gasteiger partial charge in [-0.15, -0.1) is 0 Å². The van der Waals surface area contributed by atoms with E-state index >= 15 is 0 Å². The van der Waals surface area contributed by atoms with Crippen LogP contribution in [0, 0.1) is 0 Å². The van der Waals surface area contributed by atoms with Crippen molar-refractivity contribution in [3.8, 4) is 0 Å². The van der Waals surface area contributed by atoms with Crippen LogP contribution in [0.1, 0.15) is 15.9 Å². The third-order valence-corrected chi connectivity index (χ3v) is 4.82. The van der Waals surface area contributed by atoms with Crippen molar-refractivity contribution in [2.75, 3.05) is 0 Å². The minimum absolute atomic E-state index is 0.424. The molecule has 4 aromatic carbocycles. The van der Waals surface area contributed by atoms with E-state index in [1.165, 1.54) is 11.5 Å². The maximum absolute atomic E-state index is 12.3. The number of hydrogen-bond donors (Lipinski definition) is 0. The summed E-state index contributed by atoms with van der Waals surface area (Å²) in [4.78, 5) is 24.0. The van der Waals surface area contributed by atoms with Crippen molar-refractivity contribution in [3.63, 3.8) is 0 Å². The second-order valence-electron chi connectivity index (χ2n) is 6.07. The van der Waals surface area contributed by atoms with E-state index in [0.29, 0.717) is 5.56 Å². The molecule has 2 heteroatoms. The maximum Gasteiger partial charge on any atom is 0.233 e. The van der Waals surface area contributed by atoms with Gasteiger partial charge in [0.15, 0.2) is 0 Å². The molecule has 0 N–H and O–H groups in total. The Kier molecular flexibility index (Phi) is 2.54. The number of rotatable bonds is 0. The lowest BCUT2D eigenvalue weighted by Gasteiger charge is -2.16. The fourth-order valence-corrected chi connectivity index (χ4v) is 3.76. The number of allylic oxidation sites excluding steroid dienone is 1. The van der Waals surface area contributed by atoms with Crippen LogP contribution in [0.5, 0.6) is 0 Å². The van der Waals surface area contributed by atoms with Gasteiger partial charge in [-0.05, 0) is 56.1 Å². The van der Waals surface area contributed by atoms with Crippen LogP contribution in [-0.4, -0.2) is 11.6 Å². The fourth-order valence-electron chi connectivity index (χ4n) is 3.76. The Morgan fingerprint density at radius 1 is 0.542 bits per heavy atom. The summed E-state index contributed by atoms with van der Waals surface area (Å²) in [6.45, 7) is 0. The van der Waals surface area contributed by atoms with E-state index in [4.69, 9.17) is 0 Å². The number of Topliss-reactive ketones (excluding diaryl/α,β-unsaturated/α-hetero) is 1. The van der Waals surface area contributed by atoms with Gasteiger partial charge in [0.05, 0.1) is 0 Å². The number of fused-ring (bicyclic) bond motifs is 8. The van der Waals surface area contributed by atoms with E-state index in [0.717, 1.165) is 32.5 Å². The lowest BCUT2D eigenvalue weighted by Crippen LogP contribution is -2.16. The van der Waals surface area contributed by atoms with E-state index in [-0.39, 0.29) is 0 Å². The minimum Gasteiger partial charge on any atom is -0.286 e. The molecule has 112 valence electrons. The summed E-state index contributed by atoms with van der Waals surface area (Å²) in [7, 11) is 0. The zero-order valence-corrected chi connectivity index (χ0v) is 12.7. The van der Waals surface area contributed by atoms with Gasteiger partial charge in [0.1, 0.15) is 0 Å². The average Bonchev–Trinajstić information content (AvgIpc) is 2.64. The second-order valence-corrected chi connectivity index (χ2v) is 6.07. The topological polar surface area (TPSA) is 34.1 Å². The van der Waals surface area contributed by atoms with Gasteiger partial charge in [-0.3, -0.25) is 9.59 Å². The molecule has 0 aromatic heterocycles. The zero-order chi connectivity index (χ0) is 16.3. The Balaban J connectivity index is 2.12. The van der Waals surface area contributed by atoms with E-state index in [9.17, 15) is 9.59 Å². The molecule has 0 unspecified atom stereocenters. The first-order chi connectivity index (χ1) is 11.8. The molecule has 0 amide bonds. The van der Waals surface area contributed by atoms with Gasteiger partial charge in [0.25, 0.3) is 0 Å².